The van der Waals surface area contributed by atoms with Gasteiger partial charge in [-0.25, -0.2) is 0 Å². The Balaban J connectivity index is 1.95. The molecule has 1 heteroatoms. The lowest BCUT2D eigenvalue weighted by Crippen LogP contribution is -2.14. The van der Waals surface area contributed by atoms with Crippen molar-refractivity contribution in [1.29, 1.82) is 0 Å². The Hall–Kier alpha value is -0.0400. The molecule has 0 aromatic carbocycles. The normalized spacial score (nSPS) is 40.8. The van der Waals surface area contributed by atoms with Crippen molar-refractivity contribution < 1.29 is 0 Å². The predicted molar refractivity (Wildman–Crippen MR) is 42.4 cm³/mol. The van der Waals surface area contributed by atoms with Crippen LogP contribution in [0.25, 0.3) is 0 Å². The molecule has 0 spiro atoms. The first-order chi connectivity index (χ1) is 4.97. The molecular formula is C9H16N. The van der Waals surface area contributed by atoms with Crippen LogP contribution in [0.4, 0.5) is 0 Å². The Labute approximate surface area is 63.2 Å². The zero-order chi connectivity index (χ0) is 6.81. The molecule has 10 heavy (non-hydrogen) atoms. The first-order valence-corrected chi connectivity index (χ1v) is 4.53. The van der Waals surface area contributed by atoms with Crippen LogP contribution in [0.3, 0.4) is 0 Å². The molecule has 2 rings (SSSR count). The minimum absolute atomic E-state index is 0.919. The molecule has 0 aromatic rings. The fraction of sp³-hybridized carbons (Fsp3) is 0.889. The summed E-state index contributed by atoms with van der Waals surface area (Å²) in [4.78, 5) is 0. The molecule has 1 saturated carbocycles. The van der Waals surface area contributed by atoms with Gasteiger partial charge in [0, 0.05) is 6.54 Å². The summed E-state index contributed by atoms with van der Waals surface area (Å²) in [7, 11) is 0. The smallest absolute Gasteiger partial charge is 0.0254 e. The number of rotatable bonds is 0. The zero-order valence-corrected chi connectivity index (χ0v) is 6.47. The van der Waals surface area contributed by atoms with Crippen molar-refractivity contribution in [2.24, 2.45) is 11.8 Å². The Kier molecular flexibility index (Phi) is 1.94. The van der Waals surface area contributed by atoms with Crippen LogP contribution in [0, 0.1) is 18.4 Å². The highest BCUT2D eigenvalue weighted by Crippen LogP contribution is 2.36. The van der Waals surface area contributed by atoms with Crippen LogP contribution >= 0.6 is 0 Å². The van der Waals surface area contributed by atoms with E-state index in [1.807, 2.05) is 0 Å². The van der Waals surface area contributed by atoms with Gasteiger partial charge in [-0.1, -0.05) is 12.8 Å². The van der Waals surface area contributed by atoms with Gasteiger partial charge >= 0.3 is 0 Å². The molecule has 57 valence electrons. The third-order valence-electron chi connectivity index (χ3n) is 2.95. The second-order valence-electron chi connectivity index (χ2n) is 3.62. The lowest BCUT2D eigenvalue weighted by atomic mass is 9.93. The average molecular weight is 138 g/mol. The average Bonchev–Trinajstić information content (AvgIpc) is 2.28. The maximum atomic E-state index is 3.39. The first kappa shape index (κ1) is 6.66. The molecule has 2 unspecified atom stereocenters. The summed E-state index contributed by atoms with van der Waals surface area (Å²) < 4.78 is 0. The van der Waals surface area contributed by atoms with E-state index in [9.17, 15) is 0 Å². The second-order valence-corrected chi connectivity index (χ2v) is 3.62. The van der Waals surface area contributed by atoms with Gasteiger partial charge in [0.25, 0.3) is 0 Å². The molecule has 0 amide bonds. The molecule has 0 aromatic heterocycles. The SMILES string of the molecule is [CH]1NCCCC2CCCC12. The van der Waals surface area contributed by atoms with Crippen molar-refractivity contribution >= 4 is 0 Å². The lowest BCUT2D eigenvalue weighted by Gasteiger charge is -2.13. The zero-order valence-electron chi connectivity index (χ0n) is 6.47. The van der Waals surface area contributed by atoms with Crippen LogP contribution < -0.4 is 5.32 Å². The third-order valence-corrected chi connectivity index (χ3v) is 2.95. The molecule has 2 fully saturated rings. The summed E-state index contributed by atoms with van der Waals surface area (Å²) in [5.41, 5.74) is 0. The van der Waals surface area contributed by atoms with Crippen molar-refractivity contribution in [3.05, 3.63) is 6.54 Å². The van der Waals surface area contributed by atoms with E-state index >= 15 is 0 Å². The van der Waals surface area contributed by atoms with Gasteiger partial charge < -0.3 is 5.32 Å². The lowest BCUT2D eigenvalue weighted by molar-refractivity contribution is 0.415. The van der Waals surface area contributed by atoms with Crippen molar-refractivity contribution in [2.75, 3.05) is 6.54 Å². The molecule has 1 aliphatic carbocycles. The van der Waals surface area contributed by atoms with Crippen LogP contribution in [0.5, 0.6) is 0 Å². The van der Waals surface area contributed by atoms with E-state index < -0.39 is 0 Å². The van der Waals surface area contributed by atoms with E-state index in [2.05, 4.69) is 11.9 Å². The van der Waals surface area contributed by atoms with E-state index in [0.29, 0.717) is 0 Å². The molecule has 0 bridgehead atoms. The quantitative estimate of drug-likeness (QED) is 0.539. The summed E-state index contributed by atoms with van der Waals surface area (Å²) >= 11 is 0. The highest BCUT2D eigenvalue weighted by atomic mass is 14.9. The fourth-order valence-corrected chi connectivity index (χ4v) is 2.34. The highest BCUT2D eigenvalue weighted by molar-refractivity contribution is 4.88. The molecule has 2 atom stereocenters. The van der Waals surface area contributed by atoms with Gasteiger partial charge in [0.05, 0.1) is 0 Å². The van der Waals surface area contributed by atoms with Gasteiger partial charge in [-0.2, -0.15) is 0 Å². The monoisotopic (exact) mass is 138 g/mol. The van der Waals surface area contributed by atoms with Crippen molar-refractivity contribution in [3.8, 4) is 0 Å². The second kappa shape index (κ2) is 2.91. The maximum Gasteiger partial charge on any atom is 0.0254 e. The van der Waals surface area contributed by atoms with Gasteiger partial charge in [0.2, 0.25) is 0 Å². The van der Waals surface area contributed by atoms with Crippen LogP contribution in [-0.4, -0.2) is 6.54 Å². The summed E-state index contributed by atoms with van der Waals surface area (Å²) in [6.07, 6.45) is 7.25. The highest BCUT2D eigenvalue weighted by Gasteiger charge is 2.27. The largest absolute Gasteiger partial charge is 0.312 e. The standard InChI is InChI=1S/C9H16N/c1-3-8-5-2-6-10-7-9(8)4-1/h7-10H,1-6H2. The summed E-state index contributed by atoms with van der Waals surface area (Å²) in [6, 6.07) is 0. The number of nitrogens with one attached hydrogen (secondary N) is 1. The maximum absolute atomic E-state index is 3.39. The first-order valence-electron chi connectivity index (χ1n) is 4.53. The van der Waals surface area contributed by atoms with Crippen molar-refractivity contribution in [1.82, 2.24) is 5.32 Å². The molecule has 1 heterocycles. The minimum atomic E-state index is 0.919. The molecule has 1 N–H and O–H groups in total. The number of hydrogen-bond donors (Lipinski definition) is 1. The molecule has 1 radical (unpaired) electrons. The van der Waals surface area contributed by atoms with Crippen molar-refractivity contribution in [3.63, 3.8) is 0 Å². The predicted octanol–water partition coefficient (Wildman–Crippen LogP) is 1.95. The summed E-state index contributed by atoms with van der Waals surface area (Å²) in [6.45, 7) is 3.57. The van der Waals surface area contributed by atoms with Crippen LogP contribution in [0.1, 0.15) is 32.1 Å². The van der Waals surface area contributed by atoms with E-state index in [0.717, 1.165) is 11.8 Å². The Bertz CT molecular complexity index is 99.3. The Morgan fingerprint density at radius 3 is 3.00 bits per heavy atom. The number of fused-ring (bicyclic) bond motifs is 1. The molecule has 2 aliphatic rings. The topological polar surface area (TPSA) is 12.0 Å². The van der Waals surface area contributed by atoms with Crippen LogP contribution in [0.2, 0.25) is 0 Å². The van der Waals surface area contributed by atoms with Crippen molar-refractivity contribution in [2.45, 2.75) is 32.1 Å². The van der Waals surface area contributed by atoms with E-state index in [1.165, 1.54) is 38.6 Å². The minimum Gasteiger partial charge on any atom is -0.312 e. The molecule has 1 nitrogen and oxygen atoms in total. The van der Waals surface area contributed by atoms with Gasteiger partial charge in [-0.3, -0.25) is 0 Å². The molecule has 1 aliphatic heterocycles. The summed E-state index contributed by atoms with van der Waals surface area (Å²) in [5, 5.41) is 3.39. The molecular weight excluding hydrogens is 122 g/mol. The van der Waals surface area contributed by atoms with E-state index in [-0.39, 0.29) is 0 Å². The van der Waals surface area contributed by atoms with Gasteiger partial charge in [0.15, 0.2) is 0 Å². The Morgan fingerprint density at radius 2 is 2.00 bits per heavy atom. The van der Waals surface area contributed by atoms with Gasteiger partial charge in [-0.05, 0) is 37.6 Å². The van der Waals surface area contributed by atoms with Gasteiger partial charge in [-0.15, -0.1) is 0 Å². The van der Waals surface area contributed by atoms with Crippen LogP contribution in [0.15, 0.2) is 0 Å². The summed E-state index contributed by atoms with van der Waals surface area (Å²) in [5.74, 6) is 1.96. The van der Waals surface area contributed by atoms with E-state index in [4.69, 9.17) is 0 Å². The Morgan fingerprint density at radius 1 is 1.10 bits per heavy atom. The third kappa shape index (κ3) is 1.20. The van der Waals surface area contributed by atoms with Crippen LogP contribution in [-0.2, 0) is 0 Å². The molecule has 1 saturated heterocycles. The van der Waals surface area contributed by atoms with Gasteiger partial charge in [0.1, 0.15) is 0 Å². The fourth-order valence-electron chi connectivity index (χ4n) is 2.34. The number of hydrogen-bond acceptors (Lipinski definition) is 1. The van der Waals surface area contributed by atoms with E-state index in [1.54, 1.807) is 0 Å².